The van der Waals surface area contributed by atoms with E-state index in [4.69, 9.17) is 34.4 Å². The molecule has 16 N–H and O–H groups in total. The van der Waals surface area contributed by atoms with E-state index in [1.165, 1.54) is 41.5 Å². The van der Waals surface area contributed by atoms with Gasteiger partial charge in [0.25, 0.3) is 0 Å². The van der Waals surface area contributed by atoms with Gasteiger partial charge in [-0.15, -0.1) is 0 Å². The van der Waals surface area contributed by atoms with Crippen molar-refractivity contribution in [2.24, 2.45) is 63.5 Å². The van der Waals surface area contributed by atoms with E-state index in [0.717, 1.165) is 13.8 Å². The summed E-state index contributed by atoms with van der Waals surface area (Å²) in [7, 11) is 0. The molecule has 0 bridgehead atoms. The van der Waals surface area contributed by atoms with Gasteiger partial charge >= 0.3 is 0 Å². The molecular formula is C27H58N10O8. The molecule has 0 aliphatic heterocycles. The molecule has 0 aromatic rings. The Hall–Kier alpha value is -3.68. The van der Waals surface area contributed by atoms with Crippen molar-refractivity contribution in [2.75, 3.05) is 0 Å². The third-order valence-electron chi connectivity index (χ3n) is 6.58. The molecule has 0 heterocycles. The number of hydrogen-bond acceptors (Lipinski definition) is 14. The maximum atomic E-state index is 14.3. The van der Waals surface area contributed by atoms with E-state index in [9.17, 15) is 38.4 Å². The smallest absolute Gasteiger partial charge is 0.233 e. The molecule has 0 rings (SSSR count). The maximum absolute atomic E-state index is 14.3. The highest BCUT2D eigenvalue weighted by molar-refractivity contribution is 6.24. The van der Waals surface area contributed by atoms with E-state index in [1.54, 1.807) is 0 Å². The number of Topliss-reactive ketones (excluding diaryl/α,β-unsaturated/α-hetero) is 4. The van der Waals surface area contributed by atoms with E-state index in [1.807, 2.05) is 0 Å². The predicted octanol–water partition coefficient (Wildman–Crippen LogP) is -3.88. The SMILES string of the molecule is CC(N)NC(=O)C(C(=O)C(C)N)C(C(=O)NC(C)N)C(=O)C(C)(C)C(=O)C(C(=O)NC(C)N)C(C(=O)NC(C)N)C(=O)C(C)N.[HH].[HH].[HH].[HH]. The van der Waals surface area contributed by atoms with Gasteiger partial charge in [0.15, 0.2) is 23.1 Å². The monoisotopic (exact) mass is 650 g/mol. The van der Waals surface area contributed by atoms with Crippen molar-refractivity contribution in [1.82, 2.24) is 21.3 Å². The number of carbonyl (C=O) groups is 8. The first-order valence-electron chi connectivity index (χ1n) is 14.3. The summed E-state index contributed by atoms with van der Waals surface area (Å²) in [6.45, 7) is 9.79. The van der Waals surface area contributed by atoms with Crippen molar-refractivity contribution in [3.05, 3.63) is 0 Å². The second-order valence-electron chi connectivity index (χ2n) is 11.8. The molecule has 10 atom stereocenters. The number of hydrogen-bond donors (Lipinski definition) is 10. The Balaban J connectivity index is -0.00000161. The van der Waals surface area contributed by atoms with Gasteiger partial charge in [-0.25, -0.2) is 0 Å². The van der Waals surface area contributed by atoms with Crippen molar-refractivity contribution in [3.8, 4) is 0 Å². The van der Waals surface area contributed by atoms with Crippen molar-refractivity contribution in [3.63, 3.8) is 0 Å². The highest BCUT2D eigenvalue weighted by Gasteiger charge is 2.55. The van der Waals surface area contributed by atoms with E-state index < -0.39 is 113 Å². The summed E-state index contributed by atoms with van der Waals surface area (Å²) in [5.74, 6) is -18.2. The van der Waals surface area contributed by atoms with Crippen LogP contribution in [0.4, 0.5) is 0 Å². The quantitative estimate of drug-likeness (QED) is 0.0501. The molecule has 0 saturated heterocycles. The molecule has 18 heteroatoms. The number of carbonyl (C=O) groups excluding carboxylic acids is 8. The fraction of sp³-hybridized carbons (Fsp3) is 0.704. The van der Waals surface area contributed by atoms with Crippen molar-refractivity contribution < 1.29 is 44.1 Å². The van der Waals surface area contributed by atoms with E-state index in [-0.39, 0.29) is 5.71 Å². The topological polar surface area (TPSA) is 341 Å². The fourth-order valence-electron chi connectivity index (χ4n) is 4.46. The normalized spacial score (nSPS) is 18.3. The summed E-state index contributed by atoms with van der Waals surface area (Å²) in [5.41, 5.74) is 31.8. The minimum absolute atomic E-state index is 0. The summed E-state index contributed by atoms with van der Waals surface area (Å²) < 4.78 is 0. The van der Waals surface area contributed by atoms with Crippen LogP contribution in [0.5, 0.6) is 0 Å². The molecule has 0 aliphatic rings. The van der Waals surface area contributed by atoms with Crippen LogP contribution in [0.3, 0.4) is 0 Å². The summed E-state index contributed by atoms with van der Waals surface area (Å²) in [5, 5.41) is 9.01. The molecule has 0 aromatic carbocycles. The van der Waals surface area contributed by atoms with Crippen LogP contribution < -0.4 is 55.7 Å². The van der Waals surface area contributed by atoms with Crippen molar-refractivity contribution in [2.45, 2.75) is 92.1 Å². The molecule has 10 unspecified atom stereocenters. The molecule has 0 aromatic heterocycles. The van der Waals surface area contributed by atoms with E-state index in [0.29, 0.717) is 0 Å². The number of ketones is 4. The first-order valence-corrected chi connectivity index (χ1v) is 14.3. The lowest BCUT2D eigenvalue weighted by atomic mass is 9.66. The van der Waals surface area contributed by atoms with Gasteiger partial charge in [0.2, 0.25) is 23.6 Å². The van der Waals surface area contributed by atoms with Crippen LogP contribution in [0.25, 0.3) is 0 Å². The summed E-state index contributed by atoms with van der Waals surface area (Å²) in [6.07, 6.45) is -4.26. The Morgan fingerprint density at radius 2 is 0.644 bits per heavy atom. The van der Waals surface area contributed by atoms with Gasteiger partial charge in [-0.2, -0.15) is 0 Å². The molecule has 0 aliphatic carbocycles. The van der Waals surface area contributed by atoms with Gasteiger partial charge in [-0.1, -0.05) is 0 Å². The van der Waals surface area contributed by atoms with Gasteiger partial charge in [0.1, 0.15) is 23.7 Å². The van der Waals surface area contributed by atoms with Gasteiger partial charge in [0.05, 0.1) is 42.2 Å². The highest BCUT2D eigenvalue weighted by atomic mass is 16.2. The Kier molecular flexibility index (Phi) is 15.7. The van der Waals surface area contributed by atoms with E-state index in [2.05, 4.69) is 21.3 Å². The van der Waals surface area contributed by atoms with Gasteiger partial charge < -0.3 is 55.7 Å². The molecule has 0 saturated carbocycles. The fourth-order valence-corrected chi connectivity index (χ4v) is 4.46. The Morgan fingerprint density at radius 1 is 0.444 bits per heavy atom. The van der Waals surface area contributed by atoms with Crippen LogP contribution in [0.15, 0.2) is 0 Å². The molecule has 0 spiro atoms. The molecule has 0 radical (unpaired) electrons. The zero-order chi connectivity index (χ0) is 35.7. The van der Waals surface area contributed by atoms with Crippen LogP contribution in [0, 0.1) is 29.1 Å². The van der Waals surface area contributed by atoms with Crippen LogP contribution in [0.1, 0.15) is 61.1 Å². The lowest BCUT2D eigenvalue weighted by Crippen LogP contribution is -2.61. The van der Waals surface area contributed by atoms with Gasteiger partial charge in [0, 0.05) is 5.71 Å². The largest absolute Gasteiger partial charge is 0.341 e. The average Bonchev–Trinajstić information content (AvgIpc) is 2.86. The second kappa shape index (κ2) is 17.1. The minimum atomic E-state index is -2.43. The Labute approximate surface area is 268 Å². The number of rotatable bonds is 18. The maximum Gasteiger partial charge on any atom is 0.233 e. The zero-order valence-electron chi connectivity index (χ0n) is 27.0. The first kappa shape index (κ1) is 41.3. The molecule has 18 nitrogen and oxygen atoms in total. The van der Waals surface area contributed by atoms with Crippen LogP contribution >= 0.6 is 0 Å². The highest BCUT2D eigenvalue weighted by Crippen LogP contribution is 2.34. The second-order valence-corrected chi connectivity index (χ2v) is 11.8. The lowest BCUT2D eigenvalue weighted by Gasteiger charge is -2.35. The van der Waals surface area contributed by atoms with E-state index >= 15 is 0 Å². The first-order chi connectivity index (χ1) is 20.4. The van der Waals surface area contributed by atoms with Crippen LogP contribution in [-0.2, 0) is 38.4 Å². The number of amides is 4. The molecule has 0 fully saturated rings. The Morgan fingerprint density at radius 3 is 0.822 bits per heavy atom. The molecule has 264 valence electrons. The summed E-state index contributed by atoms with van der Waals surface area (Å²) in [4.78, 5) is 109. The number of nitrogens with one attached hydrogen (secondary N) is 4. The summed E-state index contributed by atoms with van der Waals surface area (Å²) in [6, 6.07) is -2.74. The van der Waals surface area contributed by atoms with Gasteiger partial charge in [-0.3, -0.25) is 38.4 Å². The molecular weight excluding hydrogens is 592 g/mol. The lowest BCUT2D eigenvalue weighted by molar-refractivity contribution is -0.158. The predicted molar refractivity (Wildman–Crippen MR) is 171 cm³/mol. The minimum Gasteiger partial charge on any atom is -0.341 e. The number of nitrogens with two attached hydrogens (primary N) is 6. The van der Waals surface area contributed by atoms with Gasteiger partial charge in [-0.05, 0) is 55.4 Å². The standard InChI is InChI=1S/C27H50N10O8.4H2/c1-9(28)19(38)15(23(42)34-11(3)30)17(25(44)36-13(5)32)21(40)27(7,8)22(41)18(26(45)37-14(6)33)16(20(39)10(2)29)24(43)35-12(4)31;;;;/h9-18H,28-33H2,1-8H3,(H,34,42)(H,35,43)(H,36,44)(H,37,45);4*1H. The third-order valence-corrected chi connectivity index (χ3v) is 6.58. The molecule has 4 amide bonds. The van der Waals surface area contributed by atoms with Crippen molar-refractivity contribution in [1.29, 1.82) is 0 Å². The zero-order valence-corrected chi connectivity index (χ0v) is 27.0. The Bertz CT molecular complexity index is 1080. The van der Waals surface area contributed by atoms with Crippen LogP contribution in [0.2, 0.25) is 0 Å². The summed E-state index contributed by atoms with van der Waals surface area (Å²) >= 11 is 0. The molecule has 45 heavy (non-hydrogen) atoms. The average molecular weight is 651 g/mol. The third kappa shape index (κ3) is 11.3. The van der Waals surface area contributed by atoms with Crippen molar-refractivity contribution >= 4 is 46.8 Å². The van der Waals surface area contributed by atoms with Crippen LogP contribution in [-0.4, -0.2) is 83.5 Å².